The molecule has 110 valence electrons. The average Bonchev–Trinajstić information content (AvgIpc) is 2.63. The van der Waals surface area contributed by atoms with Gasteiger partial charge in [0.25, 0.3) is 0 Å². The minimum atomic E-state index is 0.315. The molecule has 0 amide bonds. The molecule has 1 aromatic carbocycles. The van der Waals surface area contributed by atoms with Gasteiger partial charge in [-0.1, -0.05) is 53.2 Å². The van der Waals surface area contributed by atoms with E-state index in [1.807, 2.05) is 0 Å². The molecule has 0 saturated carbocycles. The monoisotopic (exact) mass is 272 g/mol. The van der Waals surface area contributed by atoms with E-state index in [0.29, 0.717) is 17.3 Å². The first-order chi connectivity index (χ1) is 9.50. The molecule has 1 heteroatoms. The Kier molecular flexibility index (Phi) is 3.44. The van der Waals surface area contributed by atoms with Gasteiger partial charge in [0.2, 0.25) is 0 Å². The zero-order valence-electron chi connectivity index (χ0n) is 13.6. The van der Waals surface area contributed by atoms with Crippen molar-refractivity contribution in [1.29, 1.82) is 0 Å². The normalized spacial score (nSPS) is 30.9. The third-order valence-corrected chi connectivity index (χ3v) is 5.98. The van der Waals surface area contributed by atoms with Crippen LogP contribution in [-0.4, -0.2) is 6.61 Å². The van der Waals surface area contributed by atoms with Crippen molar-refractivity contribution < 1.29 is 4.74 Å². The molecule has 0 fully saturated rings. The highest BCUT2D eigenvalue weighted by Gasteiger charge is 2.43. The molecule has 1 aromatic rings. The molecule has 0 saturated heterocycles. The van der Waals surface area contributed by atoms with E-state index < -0.39 is 0 Å². The van der Waals surface area contributed by atoms with Crippen molar-refractivity contribution in [2.24, 2.45) is 5.92 Å². The van der Waals surface area contributed by atoms with E-state index in [-0.39, 0.29) is 0 Å². The van der Waals surface area contributed by atoms with Crippen molar-refractivity contribution in [3.8, 4) is 0 Å². The quantitative estimate of drug-likeness (QED) is 0.725. The maximum absolute atomic E-state index is 5.80. The number of hydrogen-bond donors (Lipinski definition) is 0. The molecular weight excluding hydrogens is 244 g/mol. The minimum absolute atomic E-state index is 0.315. The van der Waals surface area contributed by atoms with Crippen LogP contribution in [0.2, 0.25) is 0 Å². The van der Waals surface area contributed by atoms with Crippen LogP contribution in [0.3, 0.4) is 0 Å². The van der Waals surface area contributed by atoms with Crippen LogP contribution in [0.1, 0.15) is 81.5 Å². The maximum atomic E-state index is 5.80. The standard InChI is InChI=1S/C19H28O/c1-6-13-10-20-11-14-8-15-12(3)17(7-2)19(4,5)18(15)9-16(13)14/h8-9,12-13,17H,6-7,10-11H2,1-5H3. The molecule has 20 heavy (non-hydrogen) atoms. The molecule has 0 radical (unpaired) electrons. The van der Waals surface area contributed by atoms with Crippen molar-refractivity contribution in [2.45, 2.75) is 71.3 Å². The zero-order valence-corrected chi connectivity index (χ0v) is 13.6. The van der Waals surface area contributed by atoms with E-state index in [1.165, 1.54) is 18.4 Å². The SMILES string of the molecule is CCC1COCc2cc3c(cc21)C(C)(C)C(CC)C3C. The summed E-state index contributed by atoms with van der Waals surface area (Å²) in [4.78, 5) is 0. The molecule has 0 N–H and O–H groups in total. The Balaban J connectivity index is 2.14. The first-order valence-electron chi connectivity index (χ1n) is 8.25. The molecule has 0 aromatic heterocycles. The second kappa shape index (κ2) is 4.87. The lowest BCUT2D eigenvalue weighted by atomic mass is 9.74. The fraction of sp³-hybridized carbons (Fsp3) is 0.684. The third-order valence-electron chi connectivity index (χ3n) is 5.98. The maximum Gasteiger partial charge on any atom is 0.0720 e. The van der Waals surface area contributed by atoms with Crippen LogP contribution in [0.25, 0.3) is 0 Å². The van der Waals surface area contributed by atoms with Gasteiger partial charge in [0, 0.05) is 5.92 Å². The van der Waals surface area contributed by atoms with Crippen molar-refractivity contribution in [2.75, 3.05) is 6.61 Å². The summed E-state index contributed by atoms with van der Waals surface area (Å²) in [5, 5.41) is 0. The van der Waals surface area contributed by atoms with Crippen LogP contribution < -0.4 is 0 Å². The first-order valence-corrected chi connectivity index (χ1v) is 8.25. The lowest BCUT2D eigenvalue weighted by Gasteiger charge is -2.31. The highest BCUT2D eigenvalue weighted by Crippen LogP contribution is 2.53. The second-order valence-electron chi connectivity index (χ2n) is 7.28. The third kappa shape index (κ3) is 1.86. The number of benzene rings is 1. The van der Waals surface area contributed by atoms with Crippen molar-refractivity contribution >= 4 is 0 Å². The molecule has 3 unspecified atom stereocenters. The molecule has 3 rings (SSSR count). The molecule has 1 heterocycles. The number of ether oxygens (including phenoxy) is 1. The molecule has 1 nitrogen and oxygen atoms in total. The summed E-state index contributed by atoms with van der Waals surface area (Å²) in [6, 6.07) is 5.00. The van der Waals surface area contributed by atoms with E-state index in [2.05, 4.69) is 46.8 Å². The summed E-state index contributed by atoms with van der Waals surface area (Å²) < 4.78 is 5.80. The topological polar surface area (TPSA) is 9.23 Å². The fourth-order valence-corrected chi connectivity index (χ4v) is 4.76. The van der Waals surface area contributed by atoms with Crippen LogP contribution in [0.5, 0.6) is 0 Å². The van der Waals surface area contributed by atoms with E-state index in [4.69, 9.17) is 4.74 Å². The highest BCUT2D eigenvalue weighted by molar-refractivity contribution is 5.49. The lowest BCUT2D eigenvalue weighted by Crippen LogP contribution is -2.25. The summed E-state index contributed by atoms with van der Waals surface area (Å²) in [5.74, 6) is 2.04. The Hall–Kier alpha value is -0.820. The van der Waals surface area contributed by atoms with Crippen molar-refractivity contribution in [3.63, 3.8) is 0 Å². The summed E-state index contributed by atoms with van der Waals surface area (Å²) >= 11 is 0. The van der Waals surface area contributed by atoms with Crippen LogP contribution in [0, 0.1) is 5.92 Å². The van der Waals surface area contributed by atoms with Gasteiger partial charge < -0.3 is 4.74 Å². The summed E-state index contributed by atoms with van der Waals surface area (Å²) in [7, 11) is 0. The van der Waals surface area contributed by atoms with Gasteiger partial charge in [-0.2, -0.15) is 0 Å². The van der Waals surface area contributed by atoms with E-state index >= 15 is 0 Å². The van der Waals surface area contributed by atoms with Gasteiger partial charge >= 0.3 is 0 Å². The van der Waals surface area contributed by atoms with Gasteiger partial charge in [0.15, 0.2) is 0 Å². The van der Waals surface area contributed by atoms with E-state index in [9.17, 15) is 0 Å². The fourth-order valence-electron chi connectivity index (χ4n) is 4.76. The summed E-state index contributed by atoms with van der Waals surface area (Å²) in [5.41, 5.74) is 6.52. The van der Waals surface area contributed by atoms with Gasteiger partial charge in [-0.05, 0) is 45.9 Å². The van der Waals surface area contributed by atoms with Crippen molar-refractivity contribution in [1.82, 2.24) is 0 Å². The summed E-state index contributed by atoms with van der Waals surface area (Å²) in [6.07, 6.45) is 2.44. The van der Waals surface area contributed by atoms with Crippen LogP contribution in [0.4, 0.5) is 0 Å². The van der Waals surface area contributed by atoms with Crippen LogP contribution >= 0.6 is 0 Å². The molecular formula is C19H28O. The Bertz CT molecular complexity index is 515. The average molecular weight is 272 g/mol. The molecule has 3 atom stereocenters. The predicted octanol–water partition coefficient (Wildman–Crippen LogP) is 5.13. The predicted molar refractivity (Wildman–Crippen MR) is 84.4 cm³/mol. The Morgan fingerprint density at radius 3 is 2.55 bits per heavy atom. The highest BCUT2D eigenvalue weighted by atomic mass is 16.5. The summed E-state index contributed by atoms with van der Waals surface area (Å²) in [6.45, 7) is 13.6. The van der Waals surface area contributed by atoms with Gasteiger partial charge in [-0.25, -0.2) is 0 Å². The first kappa shape index (κ1) is 14.1. The second-order valence-corrected chi connectivity index (χ2v) is 7.28. The van der Waals surface area contributed by atoms with Gasteiger partial charge in [0.1, 0.15) is 0 Å². The number of fused-ring (bicyclic) bond motifs is 2. The van der Waals surface area contributed by atoms with Crippen molar-refractivity contribution in [3.05, 3.63) is 34.4 Å². The van der Waals surface area contributed by atoms with Gasteiger partial charge in [-0.3, -0.25) is 0 Å². The van der Waals surface area contributed by atoms with Crippen LogP contribution in [-0.2, 0) is 16.8 Å². The minimum Gasteiger partial charge on any atom is -0.376 e. The molecule has 2 aliphatic rings. The molecule has 0 bridgehead atoms. The van der Waals surface area contributed by atoms with Gasteiger partial charge in [0.05, 0.1) is 13.2 Å². The molecule has 1 aliphatic heterocycles. The number of hydrogen-bond acceptors (Lipinski definition) is 1. The zero-order chi connectivity index (χ0) is 14.5. The smallest absolute Gasteiger partial charge is 0.0720 e. The molecule has 1 aliphatic carbocycles. The number of rotatable bonds is 2. The van der Waals surface area contributed by atoms with E-state index in [1.54, 1.807) is 16.7 Å². The lowest BCUT2D eigenvalue weighted by molar-refractivity contribution is 0.0898. The van der Waals surface area contributed by atoms with Gasteiger partial charge in [-0.15, -0.1) is 0 Å². The Morgan fingerprint density at radius 2 is 1.90 bits per heavy atom. The van der Waals surface area contributed by atoms with E-state index in [0.717, 1.165) is 19.1 Å². The van der Waals surface area contributed by atoms with Crippen LogP contribution in [0.15, 0.2) is 12.1 Å². The largest absolute Gasteiger partial charge is 0.376 e. The Labute approximate surface area is 123 Å². The Morgan fingerprint density at radius 1 is 1.15 bits per heavy atom. The molecule has 0 spiro atoms.